The van der Waals surface area contributed by atoms with E-state index in [9.17, 15) is 9.59 Å². The number of hydrogen-bond donors (Lipinski definition) is 0. The number of piperazine rings is 1. The summed E-state index contributed by atoms with van der Waals surface area (Å²) in [7, 11) is 0. The van der Waals surface area contributed by atoms with Crippen LogP contribution in [0.1, 0.15) is 57.6 Å². The third-order valence-electron chi connectivity index (χ3n) is 6.39. The molecule has 0 N–H and O–H groups in total. The van der Waals surface area contributed by atoms with Gasteiger partial charge in [-0.3, -0.25) is 14.5 Å². The molecule has 0 bridgehead atoms. The zero-order valence-electron chi connectivity index (χ0n) is 18.6. The van der Waals surface area contributed by atoms with Crippen LogP contribution in [0.5, 0.6) is 0 Å². The summed E-state index contributed by atoms with van der Waals surface area (Å²) < 4.78 is 0. The van der Waals surface area contributed by atoms with Gasteiger partial charge in [0.1, 0.15) is 0 Å². The van der Waals surface area contributed by atoms with Crippen LogP contribution in [0.15, 0.2) is 24.3 Å². The third-order valence-corrected chi connectivity index (χ3v) is 6.39. The van der Waals surface area contributed by atoms with Crippen LogP contribution in [0.3, 0.4) is 0 Å². The largest absolute Gasteiger partial charge is 0.342 e. The molecule has 0 aliphatic carbocycles. The maximum Gasteiger partial charge on any atom is 0.225 e. The number of nitrogens with zero attached hydrogens (tertiary/aromatic N) is 3. The molecule has 1 aromatic rings. The SMILES string of the molecule is CC(C)C(=O)N1CCC(C(=O)N2CCN(Cc3ccc(C(C)C)cc3)CC2)CC1. The van der Waals surface area contributed by atoms with Gasteiger partial charge in [-0.1, -0.05) is 52.0 Å². The second-order valence-corrected chi connectivity index (χ2v) is 9.25. The van der Waals surface area contributed by atoms with Crippen molar-refractivity contribution in [1.82, 2.24) is 14.7 Å². The van der Waals surface area contributed by atoms with Crippen molar-refractivity contribution in [2.45, 2.75) is 53.0 Å². The molecule has 2 saturated heterocycles. The van der Waals surface area contributed by atoms with Crippen LogP contribution in [-0.2, 0) is 16.1 Å². The summed E-state index contributed by atoms with van der Waals surface area (Å²) in [6.45, 7) is 14.2. The lowest BCUT2D eigenvalue weighted by Crippen LogP contribution is -2.51. The van der Waals surface area contributed by atoms with Crippen molar-refractivity contribution in [3.05, 3.63) is 35.4 Å². The Morgan fingerprint density at radius 2 is 1.45 bits per heavy atom. The Bertz CT molecular complexity index is 683. The molecule has 29 heavy (non-hydrogen) atoms. The van der Waals surface area contributed by atoms with Crippen molar-refractivity contribution in [3.63, 3.8) is 0 Å². The average Bonchev–Trinajstić information content (AvgIpc) is 2.73. The first-order valence-corrected chi connectivity index (χ1v) is 11.2. The highest BCUT2D eigenvalue weighted by Crippen LogP contribution is 2.22. The number of carbonyl (C=O) groups excluding carboxylic acids is 2. The molecule has 0 atom stereocenters. The number of carbonyl (C=O) groups is 2. The summed E-state index contributed by atoms with van der Waals surface area (Å²) in [5.41, 5.74) is 2.72. The van der Waals surface area contributed by atoms with Crippen LogP contribution in [0, 0.1) is 11.8 Å². The second kappa shape index (κ2) is 9.75. The van der Waals surface area contributed by atoms with Crippen LogP contribution < -0.4 is 0 Å². The fraction of sp³-hybridized carbons (Fsp3) is 0.667. The number of piperidine rings is 1. The first-order valence-electron chi connectivity index (χ1n) is 11.2. The van der Waals surface area contributed by atoms with Gasteiger partial charge in [-0.25, -0.2) is 0 Å². The zero-order chi connectivity index (χ0) is 21.0. The maximum atomic E-state index is 12.9. The summed E-state index contributed by atoms with van der Waals surface area (Å²) in [4.78, 5) is 31.5. The van der Waals surface area contributed by atoms with E-state index in [0.29, 0.717) is 11.8 Å². The van der Waals surface area contributed by atoms with E-state index >= 15 is 0 Å². The Balaban J connectivity index is 1.43. The van der Waals surface area contributed by atoms with Crippen LogP contribution in [0.2, 0.25) is 0 Å². The molecule has 0 saturated carbocycles. The highest BCUT2D eigenvalue weighted by atomic mass is 16.2. The number of rotatable bonds is 5. The maximum absolute atomic E-state index is 12.9. The second-order valence-electron chi connectivity index (χ2n) is 9.25. The molecule has 2 aliphatic rings. The first kappa shape index (κ1) is 21.8. The predicted molar refractivity (Wildman–Crippen MR) is 117 cm³/mol. The average molecular weight is 400 g/mol. The molecule has 2 heterocycles. The first-order chi connectivity index (χ1) is 13.8. The van der Waals surface area contributed by atoms with Crippen LogP contribution in [0.4, 0.5) is 0 Å². The molecule has 1 aromatic carbocycles. The smallest absolute Gasteiger partial charge is 0.225 e. The molecule has 2 fully saturated rings. The monoisotopic (exact) mass is 399 g/mol. The van der Waals surface area contributed by atoms with E-state index in [2.05, 4.69) is 43.0 Å². The molecular weight excluding hydrogens is 362 g/mol. The van der Waals surface area contributed by atoms with Gasteiger partial charge >= 0.3 is 0 Å². The van der Waals surface area contributed by atoms with E-state index in [0.717, 1.165) is 58.7 Å². The van der Waals surface area contributed by atoms with E-state index < -0.39 is 0 Å². The summed E-state index contributed by atoms with van der Waals surface area (Å²) in [6.07, 6.45) is 1.61. The minimum atomic E-state index is 0.0388. The minimum absolute atomic E-state index is 0.0388. The quantitative estimate of drug-likeness (QED) is 0.763. The lowest BCUT2D eigenvalue weighted by molar-refractivity contribution is -0.143. The standard InChI is InChI=1S/C24H37N3O2/c1-18(2)21-7-5-20(6-8-21)17-25-13-15-27(16-14-25)24(29)22-9-11-26(12-10-22)23(28)19(3)4/h5-8,18-19,22H,9-17H2,1-4H3. The van der Waals surface area contributed by atoms with Crippen LogP contribution in [-0.4, -0.2) is 65.8 Å². The highest BCUT2D eigenvalue weighted by molar-refractivity contribution is 5.81. The Kier molecular flexibility index (Phi) is 7.33. The fourth-order valence-corrected chi connectivity index (χ4v) is 4.36. The van der Waals surface area contributed by atoms with E-state index in [1.807, 2.05) is 23.6 Å². The van der Waals surface area contributed by atoms with Crippen LogP contribution in [0.25, 0.3) is 0 Å². The molecule has 5 heteroatoms. The van der Waals surface area contributed by atoms with Crippen molar-refractivity contribution >= 4 is 11.8 Å². The number of benzene rings is 1. The van der Waals surface area contributed by atoms with Gasteiger partial charge in [0, 0.05) is 57.6 Å². The predicted octanol–water partition coefficient (Wildman–Crippen LogP) is 3.35. The lowest BCUT2D eigenvalue weighted by Gasteiger charge is -2.39. The van der Waals surface area contributed by atoms with Gasteiger partial charge in [0.15, 0.2) is 0 Å². The zero-order valence-corrected chi connectivity index (χ0v) is 18.6. The molecule has 3 rings (SSSR count). The van der Waals surface area contributed by atoms with Crippen LogP contribution >= 0.6 is 0 Å². The van der Waals surface area contributed by atoms with E-state index in [1.165, 1.54) is 11.1 Å². The third kappa shape index (κ3) is 5.59. The molecule has 2 aliphatic heterocycles. The van der Waals surface area contributed by atoms with Gasteiger partial charge < -0.3 is 9.80 Å². The number of likely N-dealkylation sites (tertiary alicyclic amines) is 1. The topological polar surface area (TPSA) is 43.9 Å². The summed E-state index contributed by atoms with van der Waals surface area (Å²) in [5.74, 6) is 1.20. The highest BCUT2D eigenvalue weighted by Gasteiger charge is 2.32. The van der Waals surface area contributed by atoms with Crippen molar-refractivity contribution in [2.24, 2.45) is 11.8 Å². The molecule has 0 aromatic heterocycles. The molecular formula is C24H37N3O2. The van der Waals surface area contributed by atoms with Crippen molar-refractivity contribution in [2.75, 3.05) is 39.3 Å². The van der Waals surface area contributed by atoms with E-state index in [4.69, 9.17) is 0 Å². The van der Waals surface area contributed by atoms with Gasteiger partial charge in [0.2, 0.25) is 11.8 Å². The molecule has 0 unspecified atom stereocenters. The summed E-state index contributed by atoms with van der Waals surface area (Å²) in [5, 5.41) is 0. The summed E-state index contributed by atoms with van der Waals surface area (Å²) in [6, 6.07) is 8.94. The fourth-order valence-electron chi connectivity index (χ4n) is 4.36. The van der Waals surface area contributed by atoms with Gasteiger partial charge in [-0.15, -0.1) is 0 Å². The normalized spacial score (nSPS) is 19.2. The minimum Gasteiger partial charge on any atom is -0.342 e. The van der Waals surface area contributed by atoms with E-state index in [1.54, 1.807) is 0 Å². The van der Waals surface area contributed by atoms with Gasteiger partial charge in [-0.05, 0) is 29.9 Å². The number of amides is 2. The number of hydrogen-bond acceptors (Lipinski definition) is 3. The van der Waals surface area contributed by atoms with Crippen molar-refractivity contribution in [1.29, 1.82) is 0 Å². The van der Waals surface area contributed by atoms with Crippen molar-refractivity contribution < 1.29 is 9.59 Å². The Morgan fingerprint density at radius 1 is 0.862 bits per heavy atom. The van der Waals surface area contributed by atoms with Gasteiger partial charge in [0.05, 0.1) is 0 Å². The Labute approximate surface area is 176 Å². The van der Waals surface area contributed by atoms with Gasteiger partial charge in [-0.2, -0.15) is 0 Å². The van der Waals surface area contributed by atoms with Gasteiger partial charge in [0.25, 0.3) is 0 Å². The summed E-state index contributed by atoms with van der Waals surface area (Å²) >= 11 is 0. The lowest BCUT2D eigenvalue weighted by atomic mass is 9.94. The molecule has 0 radical (unpaired) electrons. The molecule has 5 nitrogen and oxygen atoms in total. The Hall–Kier alpha value is -1.88. The molecule has 160 valence electrons. The van der Waals surface area contributed by atoms with E-state index in [-0.39, 0.29) is 17.7 Å². The molecule has 0 spiro atoms. The Morgan fingerprint density at radius 3 is 1.97 bits per heavy atom. The molecule has 2 amide bonds. The van der Waals surface area contributed by atoms with Crippen molar-refractivity contribution in [3.8, 4) is 0 Å².